The van der Waals surface area contributed by atoms with Crippen LogP contribution in [-0.2, 0) is 14.3 Å². The number of thioether (sulfide) groups is 1. The van der Waals surface area contributed by atoms with E-state index in [9.17, 15) is 4.79 Å². The van der Waals surface area contributed by atoms with Crippen LogP contribution in [0.15, 0.2) is 0 Å². The normalized spacial score (nSPS) is 43.8. The Balaban J connectivity index is 1.82. The second kappa shape index (κ2) is 6.01. The van der Waals surface area contributed by atoms with Gasteiger partial charge in [-0.05, 0) is 43.9 Å². The molecular formula is C18H30O3S. The average molecular weight is 327 g/mol. The van der Waals surface area contributed by atoms with Crippen molar-refractivity contribution in [2.24, 2.45) is 17.8 Å². The van der Waals surface area contributed by atoms with Crippen molar-refractivity contribution in [3.63, 3.8) is 0 Å². The molecule has 1 heterocycles. The third-order valence-corrected chi connectivity index (χ3v) is 7.88. The van der Waals surface area contributed by atoms with Crippen molar-refractivity contribution >= 4 is 17.7 Å². The summed E-state index contributed by atoms with van der Waals surface area (Å²) >= 11 is 2.02. The van der Waals surface area contributed by atoms with Crippen molar-refractivity contribution < 1.29 is 14.3 Å². The highest BCUT2D eigenvalue weighted by Gasteiger charge is 2.57. The molecule has 2 aliphatic carbocycles. The molecule has 3 nitrogen and oxygen atoms in total. The molecule has 3 fully saturated rings. The van der Waals surface area contributed by atoms with E-state index in [0.29, 0.717) is 24.4 Å². The molecule has 1 saturated heterocycles. The number of fused-ring (bicyclic) bond motifs is 1. The third kappa shape index (κ3) is 2.93. The fourth-order valence-electron chi connectivity index (χ4n) is 4.91. The molecule has 0 radical (unpaired) electrons. The van der Waals surface area contributed by atoms with Gasteiger partial charge in [-0.15, -0.1) is 11.8 Å². The Bertz CT molecular complexity index is 436. The van der Waals surface area contributed by atoms with Gasteiger partial charge in [-0.2, -0.15) is 0 Å². The number of ether oxygens (including phenoxy) is 2. The van der Waals surface area contributed by atoms with Crippen molar-refractivity contribution in [3.05, 3.63) is 0 Å². The van der Waals surface area contributed by atoms with E-state index in [-0.39, 0.29) is 15.6 Å². The van der Waals surface area contributed by atoms with Crippen molar-refractivity contribution in [2.45, 2.75) is 81.5 Å². The highest BCUT2D eigenvalue weighted by Crippen LogP contribution is 2.61. The van der Waals surface area contributed by atoms with Gasteiger partial charge in [0.15, 0.2) is 0 Å². The lowest BCUT2D eigenvalue weighted by Gasteiger charge is -2.55. The number of rotatable bonds is 2. The maximum atomic E-state index is 11.8. The largest absolute Gasteiger partial charge is 0.469 e. The highest BCUT2D eigenvalue weighted by molar-refractivity contribution is 8.01. The fraction of sp³-hybridized carbons (Fsp3) is 0.944. The van der Waals surface area contributed by atoms with Gasteiger partial charge >= 0.3 is 5.97 Å². The molecule has 0 aromatic heterocycles. The summed E-state index contributed by atoms with van der Waals surface area (Å²) in [7, 11) is 1.49. The summed E-state index contributed by atoms with van der Waals surface area (Å²) in [4.78, 5) is 11.6. The number of carbonyl (C=O) groups excluding carboxylic acids is 1. The van der Waals surface area contributed by atoms with Crippen LogP contribution in [0.25, 0.3) is 0 Å². The third-order valence-electron chi connectivity index (χ3n) is 6.07. The van der Waals surface area contributed by atoms with E-state index in [2.05, 4.69) is 20.8 Å². The number of carbonyl (C=O) groups is 1. The number of hydrogen-bond acceptors (Lipinski definition) is 4. The molecular weight excluding hydrogens is 296 g/mol. The average Bonchev–Trinajstić information content (AvgIpc) is 2.79. The van der Waals surface area contributed by atoms with E-state index < -0.39 is 0 Å². The van der Waals surface area contributed by atoms with Crippen molar-refractivity contribution in [3.8, 4) is 0 Å². The SMILES string of the molecule is COC(=O)C[C@H]1CCC[C@]12O[C@@H]1C[C@H](C)CC[C@H]1C(C)(C)S2. The monoisotopic (exact) mass is 326 g/mol. The topological polar surface area (TPSA) is 35.5 Å². The zero-order valence-corrected chi connectivity index (χ0v) is 15.2. The summed E-state index contributed by atoms with van der Waals surface area (Å²) in [6, 6.07) is 0. The fourth-order valence-corrected chi connectivity index (χ4v) is 7.00. The molecule has 3 rings (SSSR count). The van der Waals surface area contributed by atoms with E-state index >= 15 is 0 Å². The first-order valence-electron chi connectivity index (χ1n) is 8.81. The molecule has 0 N–H and O–H groups in total. The summed E-state index contributed by atoms with van der Waals surface area (Å²) in [6.07, 6.45) is 8.01. The summed E-state index contributed by atoms with van der Waals surface area (Å²) in [6.45, 7) is 7.13. The van der Waals surface area contributed by atoms with Gasteiger partial charge in [-0.1, -0.05) is 27.2 Å². The summed E-state index contributed by atoms with van der Waals surface area (Å²) < 4.78 is 11.9. The standard InChI is InChI=1S/C18H30O3S/c1-12-7-8-14-15(10-12)21-18(22-17(14,2)3)9-5-6-13(18)11-16(19)20-4/h12-15H,5-11H2,1-4H3/t12-,13-,14-,15-,18-/m1/s1. The van der Waals surface area contributed by atoms with Crippen molar-refractivity contribution in [1.29, 1.82) is 0 Å². The van der Waals surface area contributed by atoms with Gasteiger partial charge in [-0.3, -0.25) is 4.79 Å². The van der Waals surface area contributed by atoms with Gasteiger partial charge in [0.2, 0.25) is 0 Å². The van der Waals surface area contributed by atoms with Gasteiger partial charge in [0.05, 0.1) is 19.6 Å². The summed E-state index contributed by atoms with van der Waals surface area (Å²) in [5, 5.41) is 0. The van der Waals surface area contributed by atoms with Crippen LogP contribution in [0.1, 0.15) is 65.7 Å². The van der Waals surface area contributed by atoms with E-state index in [1.54, 1.807) is 0 Å². The van der Waals surface area contributed by atoms with Crippen LogP contribution in [0.5, 0.6) is 0 Å². The molecule has 2 saturated carbocycles. The van der Waals surface area contributed by atoms with Gasteiger partial charge in [0.1, 0.15) is 4.93 Å². The Hall–Kier alpha value is -0.220. The van der Waals surface area contributed by atoms with Crippen LogP contribution in [0, 0.1) is 17.8 Å². The number of hydrogen-bond donors (Lipinski definition) is 0. The van der Waals surface area contributed by atoms with Crippen LogP contribution in [0.3, 0.4) is 0 Å². The molecule has 0 amide bonds. The van der Waals surface area contributed by atoms with Gasteiger partial charge in [-0.25, -0.2) is 0 Å². The molecule has 4 heteroatoms. The van der Waals surface area contributed by atoms with Crippen LogP contribution in [0.2, 0.25) is 0 Å². The predicted molar refractivity (Wildman–Crippen MR) is 89.8 cm³/mol. The minimum Gasteiger partial charge on any atom is -0.469 e. The van der Waals surface area contributed by atoms with Crippen molar-refractivity contribution in [2.75, 3.05) is 7.11 Å². The first-order valence-corrected chi connectivity index (χ1v) is 9.63. The first-order chi connectivity index (χ1) is 10.4. The molecule has 5 atom stereocenters. The Morgan fingerprint density at radius 3 is 2.82 bits per heavy atom. The Morgan fingerprint density at radius 2 is 2.09 bits per heavy atom. The van der Waals surface area contributed by atoms with E-state index in [1.165, 1.54) is 26.4 Å². The molecule has 1 spiro atoms. The molecule has 0 aromatic rings. The minimum absolute atomic E-state index is 0.0904. The zero-order valence-electron chi connectivity index (χ0n) is 14.4. The molecule has 22 heavy (non-hydrogen) atoms. The van der Waals surface area contributed by atoms with Crippen molar-refractivity contribution in [1.82, 2.24) is 0 Å². The lowest BCUT2D eigenvalue weighted by atomic mass is 9.74. The van der Waals surface area contributed by atoms with Crippen LogP contribution in [-0.4, -0.2) is 28.9 Å². The van der Waals surface area contributed by atoms with E-state index in [0.717, 1.165) is 25.2 Å². The summed E-state index contributed by atoms with van der Waals surface area (Å²) in [5.74, 6) is 1.63. The molecule has 1 aliphatic heterocycles. The zero-order chi connectivity index (χ0) is 16.0. The minimum atomic E-state index is -0.157. The van der Waals surface area contributed by atoms with Crippen LogP contribution < -0.4 is 0 Å². The Morgan fingerprint density at radius 1 is 1.32 bits per heavy atom. The number of esters is 1. The maximum Gasteiger partial charge on any atom is 0.305 e. The lowest BCUT2D eigenvalue weighted by molar-refractivity contribution is -0.148. The molecule has 3 aliphatic rings. The smallest absolute Gasteiger partial charge is 0.305 e. The molecule has 0 bridgehead atoms. The summed E-state index contributed by atoms with van der Waals surface area (Å²) in [5.41, 5.74) is 0. The van der Waals surface area contributed by atoms with Gasteiger partial charge in [0, 0.05) is 10.7 Å². The predicted octanol–water partition coefficient (Wildman–Crippen LogP) is 4.39. The Labute approximate surface area is 138 Å². The number of methoxy groups -OCH3 is 1. The maximum absolute atomic E-state index is 11.8. The second-order valence-corrected chi connectivity index (χ2v) is 10.0. The Kier molecular flexibility index (Phi) is 4.54. The van der Waals surface area contributed by atoms with Crippen LogP contribution in [0.4, 0.5) is 0 Å². The second-order valence-electron chi connectivity index (χ2n) is 8.07. The lowest BCUT2D eigenvalue weighted by Crippen LogP contribution is -2.55. The molecule has 0 unspecified atom stereocenters. The van der Waals surface area contributed by atoms with Gasteiger partial charge in [0.25, 0.3) is 0 Å². The molecule has 126 valence electrons. The van der Waals surface area contributed by atoms with E-state index in [4.69, 9.17) is 9.47 Å². The first kappa shape index (κ1) is 16.6. The van der Waals surface area contributed by atoms with Crippen LogP contribution >= 0.6 is 11.8 Å². The van der Waals surface area contributed by atoms with Gasteiger partial charge < -0.3 is 9.47 Å². The quantitative estimate of drug-likeness (QED) is 0.705. The van der Waals surface area contributed by atoms with E-state index in [1.807, 2.05) is 11.8 Å². The highest BCUT2D eigenvalue weighted by atomic mass is 32.2. The molecule has 0 aromatic carbocycles.